The summed E-state index contributed by atoms with van der Waals surface area (Å²) in [6.45, 7) is 0.292. The quantitative estimate of drug-likeness (QED) is 0.730. The standard InChI is InChI=1S/C21H20N4O3/c1-25-19-10-6-5-9-16(19)22-13-18(21(25)27)23-20(26)17-12-15(28-24-17)11-14-7-3-2-4-8-14/h2-10,12,18,22H,11,13H2,1H3,(H,23,26). The Morgan fingerprint density at radius 1 is 1.21 bits per heavy atom. The number of benzene rings is 2. The molecule has 0 saturated carbocycles. The van der Waals surface area contributed by atoms with Gasteiger partial charge in [0.15, 0.2) is 5.69 Å². The molecule has 0 aliphatic carbocycles. The van der Waals surface area contributed by atoms with E-state index in [0.717, 1.165) is 16.9 Å². The number of para-hydroxylation sites is 2. The SMILES string of the molecule is CN1C(=O)C(NC(=O)c2cc(Cc3ccccc3)on2)CNc2ccccc21. The van der Waals surface area contributed by atoms with Crippen LogP contribution in [0.15, 0.2) is 65.2 Å². The third kappa shape index (κ3) is 3.59. The predicted molar refractivity (Wildman–Crippen MR) is 105 cm³/mol. The summed E-state index contributed by atoms with van der Waals surface area (Å²) >= 11 is 0. The molecule has 0 spiro atoms. The molecule has 0 fully saturated rings. The monoisotopic (exact) mass is 376 g/mol. The zero-order valence-electron chi connectivity index (χ0n) is 15.4. The highest BCUT2D eigenvalue weighted by molar-refractivity contribution is 6.04. The maximum Gasteiger partial charge on any atom is 0.274 e. The van der Waals surface area contributed by atoms with E-state index >= 15 is 0 Å². The number of nitrogens with one attached hydrogen (secondary N) is 2. The maximum absolute atomic E-state index is 12.7. The molecule has 1 aromatic heterocycles. The van der Waals surface area contributed by atoms with Crippen molar-refractivity contribution >= 4 is 23.2 Å². The summed E-state index contributed by atoms with van der Waals surface area (Å²) in [6.07, 6.45) is 0.545. The second-order valence-corrected chi connectivity index (χ2v) is 6.66. The molecule has 7 nitrogen and oxygen atoms in total. The Bertz CT molecular complexity index is 1000. The lowest BCUT2D eigenvalue weighted by Gasteiger charge is -2.20. The Morgan fingerprint density at radius 2 is 1.96 bits per heavy atom. The van der Waals surface area contributed by atoms with Crippen LogP contribution in [0.1, 0.15) is 21.8 Å². The van der Waals surface area contributed by atoms with Gasteiger partial charge in [0.2, 0.25) is 0 Å². The molecule has 1 atom stereocenters. The van der Waals surface area contributed by atoms with Crippen molar-refractivity contribution in [1.29, 1.82) is 0 Å². The van der Waals surface area contributed by atoms with Crippen molar-refractivity contribution in [3.05, 3.63) is 77.7 Å². The van der Waals surface area contributed by atoms with Gasteiger partial charge in [-0.15, -0.1) is 0 Å². The topological polar surface area (TPSA) is 87.5 Å². The summed E-state index contributed by atoms with van der Waals surface area (Å²) in [5.41, 5.74) is 2.84. The van der Waals surface area contributed by atoms with Crippen LogP contribution in [-0.2, 0) is 11.2 Å². The first-order chi connectivity index (χ1) is 13.6. The summed E-state index contributed by atoms with van der Waals surface area (Å²) in [4.78, 5) is 26.9. The number of nitrogens with zero attached hydrogens (tertiary/aromatic N) is 2. The Hall–Kier alpha value is -3.61. The summed E-state index contributed by atoms with van der Waals surface area (Å²) in [5.74, 6) is -0.0486. The van der Waals surface area contributed by atoms with Gasteiger partial charge in [0.25, 0.3) is 11.8 Å². The number of fused-ring (bicyclic) bond motifs is 1. The van der Waals surface area contributed by atoms with Crippen molar-refractivity contribution in [3.8, 4) is 0 Å². The highest BCUT2D eigenvalue weighted by Crippen LogP contribution is 2.27. The molecule has 2 heterocycles. The first kappa shape index (κ1) is 17.8. The van der Waals surface area contributed by atoms with E-state index in [9.17, 15) is 9.59 Å². The lowest BCUT2D eigenvalue weighted by molar-refractivity contribution is -0.119. The molecule has 3 aromatic rings. The molecule has 142 valence electrons. The van der Waals surface area contributed by atoms with Gasteiger partial charge in [0.05, 0.1) is 11.4 Å². The number of carbonyl (C=O) groups is 2. The predicted octanol–water partition coefficient (Wildman–Crippen LogP) is 2.45. The van der Waals surface area contributed by atoms with Gasteiger partial charge in [-0.2, -0.15) is 0 Å². The van der Waals surface area contributed by atoms with Gasteiger partial charge in [-0.3, -0.25) is 9.59 Å². The minimum atomic E-state index is -0.709. The third-order valence-electron chi connectivity index (χ3n) is 4.71. The van der Waals surface area contributed by atoms with Gasteiger partial charge in [-0.05, 0) is 17.7 Å². The van der Waals surface area contributed by atoms with Crippen LogP contribution in [0.25, 0.3) is 0 Å². The van der Waals surface area contributed by atoms with E-state index in [1.54, 1.807) is 18.0 Å². The van der Waals surface area contributed by atoms with Gasteiger partial charge in [0, 0.05) is 26.1 Å². The van der Waals surface area contributed by atoms with Crippen LogP contribution in [0, 0.1) is 0 Å². The molecule has 0 saturated heterocycles. The Labute approximate surface area is 162 Å². The number of rotatable bonds is 4. The molecular formula is C21H20N4O3. The molecule has 0 bridgehead atoms. The van der Waals surface area contributed by atoms with E-state index in [0.29, 0.717) is 18.7 Å². The average Bonchev–Trinajstić information content (AvgIpc) is 3.15. The van der Waals surface area contributed by atoms with Crippen LogP contribution in [0.2, 0.25) is 0 Å². The molecule has 0 radical (unpaired) electrons. The molecule has 28 heavy (non-hydrogen) atoms. The molecule has 2 amide bonds. The number of amides is 2. The van der Waals surface area contributed by atoms with Crippen LogP contribution in [-0.4, -0.2) is 36.6 Å². The minimum Gasteiger partial charge on any atom is -0.381 e. The van der Waals surface area contributed by atoms with Gasteiger partial charge >= 0.3 is 0 Å². The number of hydrogen-bond donors (Lipinski definition) is 2. The number of aromatic nitrogens is 1. The number of hydrogen-bond acceptors (Lipinski definition) is 5. The van der Waals surface area contributed by atoms with Crippen molar-refractivity contribution in [3.63, 3.8) is 0 Å². The van der Waals surface area contributed by atoms with Crippen LogP contribution in [0.5, 0.6) is 0 Å². The highest BCUT2D eigenvalue weighted by Gasteiger charge is 2.30. The lowest BCUT2D eigenvalue weighted by atomic mass is 10.1. The molecule has 1 aliphatic rings. The van der Waals surface area contributed by atoms with E-state index in [-0.39, 0.29) is 11.6 Å². The molecule has 2 N–H and O–H groups in total. The van der Waals surface area contributed by atoms with Gasteiger partial charge in [-0.1, -0.05) is 47.6 Å². The van der Waals surface area contributed by atoms with E-state index in [2.05, 4.69) is 15.8 Å². The Kier molecular flexibility index (Phi) is 4.80. The third-order valence-corrected chi connectivity index (χ3v) is 4.71. The van der Waals surface area contributed by atoms with Gasteiger partial charge in [-0.25, -0.2) is 0 Å². The normalized spacial score (nSPS) is 16.1. The van der Waals surface area contributed by atoms with Crippen LogP contribution in [0.4, 0.5) is 11.4 Å². The first-order valence-electron chi connectivity index (χ1n) is 9.02. The summed E-state index contributed by atoms with van der Waals surface area (Å²) in [7, 11) is 1.70. The van der Waals surface area contributed by atoms with Crippen LogP contribution in [0.3, 0.4) is 0 Å². The Balaban J connectivity index is 1.45. The van der Waals surface area contributed by atoms with Gasteiger partial charge < -0.3 is 20.1 Å². The average molecular weight is 376 g/mol. The summed E-state index contributed by atoms with van der Waals surface area (Å²) in [6, 6.07) is 18.2. The van der Waals surface area contributed by atoms with Crippen molar-refractivity contribution < 1.29 is 14.1 Å². The van der Waals surface area contributed by atoms with Crippen molar-refractivity contribution in [2.24, 2.45) is 0 Å². The molecule has 4 rings (SSSR count). The number of likely N-dealkylation sites (N-methyl/N-ethyl adjacent to an activating group) is 1. The highest BCUT2D eigenvalue weighted by atomic mass is 16.5. The first-order valence-corrected chi connectivity index (χ1v) is 9.02. The molecule has 2 aromatic carbocycles. The molecular weight excluding hydrogens is 356 g/mol. The zero-order valence-corrected chi connectivity index (χ0v) is 15.4. The van der Waals surface area contributed by atoms with Crippen molar-refractivity contribution in [2.45, 2.75) is 12.5 Å². The van der Waals surface area contributed by atoms with Crippen LogP contribution < -0.4 is 15.5 Å². The fourth-order valence-corrected chi connectivity index (χ4v) is 3.21. The van der Waals surface area contributed by atoms with Crippen LogP contribution >= 0.6 is 0 Å². The lowest BCUT2D eigenvalue weighted by Crippen LogP contribution is -2.49. The zero-order chi connectivity index (χ0) is 19.5. The van der Waals surface area contributed by atoms with E-state index in [1.165, 1.54) is 0 Å². The second-order valence-electron chi connectivity index (χ2n) is 6.66. The van der Waals surface area contributed by atoms with Crippen molar-refractivity contribution in [2.75, 3.05) is 23.8 Å². The summed E-state index contributed by atoms with van der Waals surface area (Å²) < 4.78 is 5.28. The fourth-order valence-electron chi connectivity index (χ4n) is 3.21. The number of carbonyl (C=O) groups excluding carboxylic acids is 2. The molecule has 1 unspecified atom stereocenters. The largest absolute Gasteiger partial charge is 0.381 e. The van der Waals surface area contributed by atoms with Crippen molar-refractivity contribution in [1.82, 2.24) is 10.5 Å². The summed E-state index contributed by atoms with van der Waals surface area (Å²) in [5, 5.41) is 9.81. The smallest absolute Gasteiger partial charge is 0.274 e. The van der Waals surface area contributed by atoms with E-state index < -0.39 is 11.9 Å². The van der Waals surface area contributed by atoms with E-state index in [1.807, 2.05) is 54.6 Å². The van der Waals surface area contributed by atoms with Gasteiger partial charge in [0.1, 0.15) is 11.8 Å². The molecule has 7 heteroatoms. The Morgan fingerprint density at radius 3 is 2.79 bits per heavy atom. The maximum atomic E-state index is 12.7. The molecule has 1 aliphatic heterocycles. The minimum absolute atomic E-state index is 0.156. The van der Waals surface area contributed by atoms with E-state index in [4.69, 9.17) is 4.52 Å². The number of anilines is 2. The fraction of sp³-hybridized carbons (Fsp3) is 0.190. The second kappa shape index (κ2) is 7.56.